The average Bonchev–Trinajstić information content (AvgIpc) is 3.04. The summed E-state index contributed by atoms with van der Waals surface area (Å²) in [6, 6.07) is 10.5. The summed E-state index contributed by atoms with van der Waals surface area (Å²) in [5.74, 6) is -3.18. The molecule has 2 N–H and O–H groups in total. The van der Waals surface area contributed by atoms with E-state index >= 15 is 4.39 Å². The molecular formula is C23H15F4N5O. The number of aromatic nitrogens is 1. The lowest BCUT2D eigenvalue weighted by Gasteiger charge is -2.27. The standard InChI is InChI=1S/C23H15F4N5O/c1-32-21(33)23(31-22(32)29,15-6-14(20(26)27)10-30-11-15)17-7-16(18(24)8-19(17)25)13-4-2-3-12(5-13)9-28/h2-8,10-11,20H,1H3,(H2,29,31). The molecule has 6 nitrogen and oxygen atoms in total. The van der Waals surface area contributed by atoms with Gasteiger partial charge in [-0.15, -0.1) is 0 Å². The molecule has 1 unspecified atom stereocenters. The van der Waals surface area contributed by atoms with Crippen molar-refractivity contribution in [3.8, 4) is 17.2 Å². The number of rotatable bonds is 4. The van der Waals surface area contributed by atoms with Gasteiger partial charge in [0.05, 0.1) is 11.6 Å². The van der Waals surface area contributed by atoms with Gasteiger partial charge in [0, 0.05) is 47.8 Å². The summed E-state index contributed by atoms with van der Waals surface area (Å²) in [5.41, 5.74) is 2.95. The van der Waals surface area contributed by atoms with Crippen molar-refractivity contribution in [1.82, 2.24) is 9.88 Å². The molecule has 2 heterocycles. The first kappa shape index (κ1) is 22.0. The molecule has 3 aromatic rings. The topological polar surface area (TPSA) is 95.4 Å². The van der Waals surface area contributed by atoms with Crippen molar-refractivity contribution in [3.05, 3.63) is 88.7 Å². The molecule has 0 saturated heterocycles. The number of carbonyl (C=O) groups is 1. The summed E-state index contributed by atoms with van der Waals surface area (Å²) < 4.78 is 56.7. The maximum atomic E-state index is 15.2. The van der Waals surface area contributed by atoms with Crippen molar-refractivity contribution >= 4 is 11.9 Å². The largest absolute Gasteiger partial charge is 0.369 e. The monoisotopic (exact) mass is 453 g/mol. The van der Waals surface area contributed by atoms with Crippen molar-refractivity contribution < 1.29 is 22.4 Å². The lowest BCUT2D eigenvalue weighted by molar-refractivity contribution is -0.129. The summed E-state index contributed by atoms with van der Waals surface area (Å²) >= 11 is 0. The van der Waals surface area contributed by atoms with E-state index in [2.05, 4.69) is 9.98 Å². The van der Waals surface area contributed by atoms with Crippen molar-refractivity contribution in [2.75, 3.05) is 7.05 Å². The smallest absolute Gasteiger partial charge is 0.266 e. The molecule has 1 aliphatic rings. The third-order valence-corrected chi connectivity index (χ3v) is 5.42. The first-order valence-corrected chi connectivity index (χ1v) is 9.56. The fourth-order valence-electron chi connectivity index (χ4n) is 3.74. The summed E-state index contributed by atoms with van der Waals surface area (Å²) in [4.78, 5) is 22.2. The van der Waals surface area contributed by atoms with Gasteiger partial charge in [-0.2, -0.15) is 5.26 Å². The van der Waals surface area contributed by atoms with Crippen molar-refractivity contribution in [3.63, 3.8) is 0 Å². The number of alkyl halides is 2. The predicted molar refractivity (Wildman–Crippen MR) is 111 cm³/mol. The first-order chi connectivity index (χ1) is 15.7. The second-order valence-electron chi connectivity index (χ2n) is 7.36. The zero-order valence-corrected chi connectivity index (χ0v) is 17.1. The van der Waals surface area contributed by atoms with Gasteiger partial charge in [0.1, 0.15) is 11.6 Å². The van der Waals surface area contributed by atoms with Crippen LogP contribution >= 0.6 is 0 Å². The van der Waals surface area contributed by atoms with Gasteiger partial charge in [-0.1, -0.05) is 12.1 Å². The number of amides is 1. The molecule has 4 rings (SSSR count). The van der Waals surface area contributed by atoms with Crippen LogP contribution in [0.1, 0.15) is 28.7 Å². The van der Waals surface area contributed by atoms with Crippen LogP contribution in [-0.2, 0) is 10.3 Å². The third-order valence-electron chi connectivity index (χ3n) is 5.42. The molecule has 166 valence electrons. The fourth-order valence-corrected chi connectivity index (χ4v) is 3.74. The molecule has 33 heavy (non-hydrogen) atoms. The third kappa shape index (κ3) is 3.47. The van der Waals surface area contributed by atoms with Crippen LogP contribution in [0.4, 0.5) is 17.6 Å². The molecule has 1 atom stereocenters. The van der Waals surface area contributed by atoms with Crippen molar-refractivity contribution in [1.29, 1.82) is 5.26 Å². The minimum absolute atomic E-state index is 0.114. The Morgan fingerprint density at radius 3 is 2.52 bits per heavy atom. The molecule has 10 heteroatoms. The van der Waals surface area contributed by atoms with Crippen molar-refractivity contribution in [2.24, 2.45) is 10.7 Å². The highest BCUT2D eigenvalue weighted by Crippen LogP contribution is 2.43. The lowest BCUT2D eigenvalue weighted by Crippen LogP contribution is -2.41. The minimum Gasteiger partial charge on any atom is -0.369 e. The van der Waals surface area contributed by atoms with E-state index in [-0.39, 0.29) is 28.2 Å². The zero-order chi connectivity index (χ0) is 23.9. The summed E-state index contributed by atoms with van der Waals surface area (Å²) in [6.07, 6.45) is -0.886. The Hall–Kier alpha value is -4.26. The predicted octanol–water partition coefficient (Wildman–Crippen LogP) is 3.87. The summed E-state index contributed by atoms with van der Waals surface area (Å²) in [5, 5.41) is 9.15. The number of aliphatic imine (C=N–C) groups is 1. The van der Waals surface area contributed by atoms with Gasteiger partial charge in [0.2, 0.25) is 0 Å². The summed E-state index contributed by atoms with van der Waals surface area (Å²) in [6.45, 7) is 0. The SMILES string of the molecule is CN1C(=O)C(c2cncc(C(F)F)c2)(c2cc(-c3cccc(C#N)c3)c(F)cc2F)N=C1N. The normalized spacial score (nSPS) is 17.9. The summed E-state index contributed by atoms with van der Waals surface area (Å²) in [7, 11) is 1.30. The second-order valence-corrected chi connectivity index (χ2v) is 7.36. The van der Waals surface area contributed by atoms with E-state index in [9.17, 15) is 18.0 Å². The van der Waals surface area contributed by atoms with Gasteiger partial charge in [0.25, 0.3) is 12.3 Å². The number of guanidine groups is 1. The van der Waals surface area contributed by atoms with Gasteiger partial charge >= 0.3 is 0 Å². The maximum Gasteiger partial charge on any atom is 0.266 e. The van der Waals surface area contributed by atoms with Crippen LogP contribution < -0.4 is 5.73 Å². The number of carbonyl (C=O) groups excluding carboxylic acids is 1. The Bertz CT molecular complexity index is 1350. The Morgan fingerprint density at radius 1 is 1.12 bits per heavy atom. The Labute approximate surface area is 185 Å². The van der Waals surface area contributed by atoms with E-state index in [0.29, 0.717) is 6.07 Å². The number of hydrogen-bond donors (Lipinski definition) is 1. The number of nitrogens with zero attached hydrogens (tertiary/aromatic N) is 4. The van der Waals surface area contributed by atoms with E-state index < -0.39 is 40.6 Å². The molecule has 0 bridgehead atoms. The second kappa shape index (κ2) is 8.02. The number of likely N-dealkylation sites (N-methyl/N-ethyl adjacent to an activating group) is 1. The van der Waals surface area contributed by atoms with Crippen LogP contribution in [0.25, 0.3) is 11.1 Å². The molecule has 1 aromatic heterocycles. The number of nitriles is 1. The number of benzene rings is 2. The van der Waals surface area contributed by atoms with Crippen LogP contribution in [0.5, 0.6) is 0 Å². The van der Waals surface area contributed by atoms with Gasteiger partial charge in [-0.3, -0.25) is 14.7 Å². The molecular weight excluding hydrogens is 438 g/mol. The molecule has 0 spiro atoms. The molecule has 2 aromatic carbocycles. The van der Waals surface area contributed by atoms with E-state index in [4.69, 9.17) is 11.0 Å². The van der Waals surface area contributed by atoms with Crippen LogP contribution in [0.3, 0.4) is 0 Å². The Kier molecular flexibility index (Phi) is 5.33. The molecule has 1 amide bonds. The minimum atomic E-state index is -2.91. The average molecular weight is 453 g/mol. The highest BCUT2D eigenvalue weighted by atomic mass is 19.3. The van der Waals surface area contributed by atoms with E-state index in [0.717, 1.165) is 29.4 Å². The van der Waals surface area contributed by atoms with Crippen LogP contribution in [0, 0.1) is 23.0 Å². The van der Waals surface area contributed by atoms with Crippen LogP contribution in [-0.4, -0.2) is 28.8 Å². The molecule has 0 saturated carbocycles. The fraction of sp³-hybridized carbons (Fsp3) is 0.130. The highest BCUT2D eigenvalue weighted by Gasteiger charge is 2.51. The first-order valence-electron chi connectivity index (χ1n) is 9.56. The zero-order valence-electron chi connectivity index (χ0n) is 17.1. The molecule has 0 aliphatic carbocycles. The number of halogens is 4. The molecule has 0 radical (unpaired) electrons. The number of pyridine rings is 1. The van der Waals surface area contributed by atoms with E-state index in [1.54, 1.807) is 0 Å². The number of hydrogen-bond acceptors (Lipinski definition) is 5. The molecule has 1 aliphatic heterocycles. The lowest BCUT2D eigenvalue weighted by atomic mass is 9.81. The van der Waals surface area contributed by atoms with E-state index in [1.165, 1.54) is 31.3 Å². The maximum absolute atomic E-state index is 15.2. The van der Waals surface area contributed by atoms with Gasteiger partial charge in [-0.05, 0) is 29.8 Å². The van der Waals surface area contributed by atoms with Crippen molar-refractivity contribution in [2.45, 2.75) is 12.0 Å². The van der Waals surface area contributed by atoms with Gasteiger partial charge in [0.15, 0.2) is 11.5 Å². The highest BCUT2D eigenvalue weighted by molar-refractivity contribution is 6.09. The molecule has 0 fully saturated rings. The Balaban J connectivity index is 2.03. The van der Waals surface area contributed by atoms with E-state index in [1.807, 2.05) is 6.07 Å². The van der Waals surface area contributed by atoms with Gasteiger partial charge < -0.3 is 5.73 Å². The Morgan fingerprint density at radius 2 is 1.88 bits per heavy atom. The quantitative estimate of drug-likeness (QED) is 0.607. The van der Waals surface area contributed by atoms with Crippen LogP contribution in [0.15, 0.2) is 59.9 Å². The van der Waals surface area contributed by atoms with Gasteiger partial charge in [-0.25, -0.2) is 22.6 Å². The van der Waals surface area contributed by atoms with Crippen LogP contribution in [0.2, 0.25) is 0 Å². The number of nitrogens with two attached hydrogens (primary N) is 1.